The minimum atomic E-state index is -3.13. The zero-order chi connectivity index (χ0) is 18.0. The molecule has 6 nitrogen and oxygen atoms in total. The monoisotopic (exact) mass is 374 g/mol. The number of benzene rings is 1. The zero-order valence-electron chi connectivity index (χ0n) is 14.5. The highest BCUT2D eigenvalue weighted by Gasteiger charge is 2.13. The van der Waals surface area contributed by atoms with Crippen LogP contribution in [-0.4, -0.2) is 51.1 Å². The molecule has 8 heteroatoms. The Morgan fingerprint density at radius 3 is 2.54 bits per heavy atom. The first-order valence-electron chi connectivity index (χ1n) is 8.09. The molecule has 0 aliphatic heterocycles. The third-order valence-corrected chi connectivity index (χ3v) is 5.16. The molecule has 0 saturated heterocycles. The number of nitrogens with zero attached hydrogens (tertiary/aromatic N) is 2. The Morgan fingerprint density at radius 1 is 1.25 bits per heavy atom. The van der Waals surface area contributed by atoms with Gasteiger partial charge in [-0.3, -0.25) is 0 Å². The van der Waals surface area contributed by atoms with Gasteiger partial charge in [-0.15, -0.1) is 0 Å². The van der Waals surface area contributed by atoms with Crippen molar-refractivity contribution in [2.24, 2.45) is 4.99 Å². The van der Waals surface area contributed by atoms with Gasteiger partial charge in [0.15, 0.2) is 5.96 Å². The molecule has 1 aromatic carbocycles. The standard InChI is InChI=1S/C16H27ClN4O2S/c1-4-18-16(20-13-14-9-6-7-10-15(14)17)19-11-8-12-21(5-2)24(3,22)23/h6-7,9-10H,4-5,8,11-13H2,1-3H3,(H2,18,19,20). The molecule has 0 bridgehead atoms. The average molecular weight is 375 g/mol. The van der Waals surface area contributed by atoms with Gasteiger partial charge in [-0.1, -0.05) is 36.7 Å². The second kappa shape index (κ2) is 10.5. The van der Waals surface area contributed by atoms with Crippen LogP contribution in [0, 0.1) is 0 Å². The molecule has 0 aromatic heterocycles. The van der Waals surface area contributed by atoms with E-state index >= 15 is 0 Å². The normalized spacial score (nSPS) is 12.5. The summed E-state index contributed by atoms with van der Waals surface area (Å²) in [6.07, 6.45) is 1.94. The van der Waals surface area contributed by atoms with Gasteiger partial charge in [-0.05, 0) is 25.0 Å². The summed E-state index contributed by atoms with van der Waals surface area (Å²) in [5.41, 5.74) is 0.964. The van der Waals surface area contributed by atoms with Crippen molar-refractivity contribution in [2.45, 2.75) is 26.8 Å². The van der Waals surface area contributed by atoms with Crippen LogP contribution in [-0.2, 0) is 16.6 Å². The third kappa shape index (κ3) is 7.51. The first kappa shape index (κ1) is 20.7. The lowest BCUT2D eigenvalue weighted by molar-refractivity contribution is 0.424. The van der Waals surface area contributed by atoms with E-state index in [2.05, 4.69) is 15.6 Å². The van der Waals surface area contributed by atoms with Crippen molar-refractivity contribution in [3.8, 4) is 0 Å². The minimum absolute atomic E-state index is 0.486. The maximum absolute atomic E-state index is 11.5. The molecule has 0 aliphatic carbocycles. The predicted octanol–water partition coefficient (Wildman–Crippen LogP) is 2.07. The Bertz CT molecular complexity index is 635. The number of sulfonamides is 1. The molecule has 0 radical (unpaired) electrons. The summed E-state index contributed by atoms with van der Waals surface area (Å²) in [7, 11) is -3.13. The Hall–Kier alpha value is -1.31. The molecule has 24 heavy (non-hydrogen) atoms. The summed E-state index contributed by atoms with van der Waals surface area (Å²) in [5.74, 6) is 0.694. The summed E-state index contributed by atoms with van der Waals surface area (Å²) >= 11 is 6.13. The summed E-state index contributed by atoms with van der Waals surface area (Å²) in [4.78, 5) is 4.51. The van der Waals surface area contributed by atoms with Crippen LogP contribution in [0.4, 0.5) is 0 Å². The fourth-order valence-electron chi connectivity index (χ4n) is 2.15. The van der Waals surface area contributed by atoms with Gasteiger partial charge in [0.1, 0.15) is 0 Å². The van der Waals surface area contributed by atoms with E-state index in [1.165, 1.54) is 10.6 Å². The van der Waals surface area contributed by atoms with Crippen molar-refractivity contribution >= 4 is 27.6 Å². The van der Waals surface area contributed by atoms with Gasteiger partial charge in [0.2, 0.25) is 10.0 Å². The Labute approximate surface area is 150 Å². The van der Waals surface area contributed by atoms with Gasteiger partial charge >= 0.3 is 0 Å². The van der Waals surface area contributed by atoms with Gasteiger partial charge in [0.05, 0.1) is 12.8 Å². The summed E-state index contributed by atoms with van der Waals surface area (Å²) < 4.78 is 24.5. The van der Waals surface area contributed by atoms with E-state index in [-0.39, 0.29) is 0 Å². The van der Waals surface area contributed by atoms with Crippen molar-refractivity contribution in [3.05, 3.63) is 34.9 Å². The van der Waals surface area contributed by atoms with Crippen LogP contribution < -0.4 is 10.6 Å². The largest absolute Gasteiger partial charge is 0.357 e. The van der Waals surface area contributed by atoms with E-state index in [4.69, 9.17) is 11.6 Å². The van der Waals surface area contributed by atoms with Gasteiger partial charge in [-0.25, -0.2) is 17.7 Å². The number of aliphatic imine (C=N–C) groups is 1. The lowest BCUT2D eigenvalue weighted by Gasteiger charge is -2.18. The van der Waals surface area contributed by atoms with Gasteiger partial charge < -0.3 is 10.6 Å². The van der Waals surface area contributed by atoms with E-state index in [1.54, 1.807) is 0 Å². The van der Waals surface area contributed by atoms with Crippen molar-refractivity contribution in [3.63, 3.8) is 0 Å². The highest BCUT2D eigenvalue weighted by molar-refractivity contribution is 7.88. The summed E-state index contributed by atoms with van der Waals surface area (Å²) in [5, 5.41) is 7.08. The zero-order valence-corrected chi connectivity index (χ0v) is 16.1. The number of rotatable bonds is 9. The lowest BCUT2D eigenvalue weighted by atomic mass is 10.2. The van der Waals surface area contributed by atoms with Gasteiger partial charge in [-0.2, -0.15) is 0 Å². The quantitative estimate of drug-likeness (QED) is 0.394. The second-order valence-electron chi connectivity index (χ2n) is 5.32. The molecule has 0 atom stereocenters. The van der Waals surface area contributed by atoms with Crippen molar-refractivity contribution in [1.82, 2.24) is 14.9 Å². The van der Waals surface area contributed by atoms with E-state index in [9.17, 15) is 8.42 Å². The molecular weight excluding hydrogens is 348 g/mol. The Balaban J connectivity index is 2.51. The van der Waals surface area contributed by atoms with E-state index in [0.29, 0.717) is 43.6 Å². The predicted molar refractivity (Wildman–Crippen MR) is 101 cm³/mol. The van der Waals surface area contributed by atoms with E-state index < -0.39 is 10.0 Å². The highest BCUT2D eigenvalue weighted by atomic mass is 35.5. The van der Waals surface area contributed by atoms with Crippen LogP contribution in [0.2, 0.25) is 5.02 Å². The molecular formula is C16H27ClN4O2S. The fraction of sp³-hybridized carbons (Fsp3) is 0.562. The first-order chi connectivity index (χ1) is 11.4. The summed E-state index contributed by atoms with van der Waals surface area (Å²) in [6, 6.07) is 7.61. The molecule has 0 aliphatic rings. The molecule has 0 amide bonds. The highest BCUT2D eigenvalue weighted by Crippen LogP contribution is 2.15. The lowest BCUT2D eigenvalue weighted by Crippen LogP contribution is -2.39. The Morgan fingerprint density at radius 2 is 1.96 bits per heavy atom. The first-order valence-corrected chi connectivity index (χ1v) is 10.3. The smallest absolute Gasteiger partial charge is 0.211 e. The van der Waals surface area contributed by atoms with Crippen molar-refractivity contribution < 1.29 is 8.42 Å². The maximum atomic E-state index is 11.5. The van der Waals surface area contributed by atoms with E-state index in [0.717, 1.165) is 12.1 Å². The van der Waals surface area contributed by atoms with E-state index in [1.807, 2.05) is 38.1 Å². The average Bonchev–Trinajstić information content (AvgIpc) is 2.52. The SMILES string of the molecule is CCNC(=NCc1ccccc1Cl)NCCCN(CC)S(C)(=O)=O. The molecule has 136 valence electrons. The molecule has 0 unspecified atom stereocenters. The molecule has 2 N–H and O–H groups in total. The van der Waals surface area contributed by atoms with Crippen LogP contribution >= 0.6 is 11.6 Å². The molecule has 0 heterocycles. The van der Waals surface area contributed by atoms with Crippen LogP contribution in [0.15, 0.2) is 29.3 Å². The van der Waals surface area contributed by atoms with Crippen LogP contribution in [0.1, 0.15) is 25.8 Å². The minimum Gasteiger partial charge on any atom is -0.357 e. The third-order valence-electron chi connectivity index (χ3n) is 3.41. The van der Waals surface area contributed by atoms with Crippen molar-refractivity contribution in [2.75, 3.05) is 32.4 Å². The topological polar surface area (TPSA) is 73.8 Å². The number of hydrogen-bond acceptors (Lipinski definition) is 3. The summed E-state index contributed by atoms with van der Waals surface area (Å²) in [6.45, 7) is 6.68. The van der Waals surface area contributed by atoms with Crippen molar-refractivity contribution in [1.29, 1.82) is 0 Å². The number of hydrogen-bond donors (Lipinski definition) is 2. The second-order valence-corrected chi connectivity index (χ2v) is 7.71. The fourth-order valence-corrected chi connectivity index (χ4v) is 3.28. The van der Waals surface area contributed by atoms with Crippen LogP contribution in [0.3, 0.4) is 0 Å². The molecule has 0 saturated carbocycles. The van der Waals surface area contributed by atoms with Crippen LogP contribution in [0.5, 0.6) is 0 Å². The number of nitrogens with one attached hydrogen (secondary N) is 2. The molecule has 1 rings (SSSR count). The maximum Gasteiger partial charge on any atom is 0.211 e. The molecule has 0 spiro atoms. The number of halogens is 1. The van der Waals surface area contributed by atoms with Gasteiger partial charge in [0, 0.05) is 31.2 Å². The Kier molecular flexibility index (Phi) is 9.10. The molecule has 0 fully saturated rings. The number of guanidine groups is 1. The molecule has 1 aromatic rings. The van der Waals surface area contributed by atoms with Gasteiger partial charge in [0.25, 0.3) is 0 Å². The van der Waals surface area contributed by atoms with Crippen LogP contribution in [0.25, 0.3) is 0 Å².